The lowest BCUT2D eigenvalue weighted by Gasteiger charge is -2.41. The third-order valence-electron chi connectivity index (χ3n) is 7.71. The van der Waals surface area contributed by atoms with E-state index in [4.69, 9.17) is 27.7 Å². The average molecular weight is 643 g/mol. The largest absolute Gasteiger partial charge is 0.524 e. The predicted molar refractivity (Wildman–Crippen MR) is 173 cm³/mol. The summed E-state index contributed by atoms with van der Waals surface area (Å²) in [7, 11) is -4.73. The van der Waals surface area contributed by atoms with Crippen LogP contribution >= 0.6 is 20.0 Å². The zero-order chi connectivity index (χ0) is 33.1. The Balaban J connectivity index is 3.28. The maximum Gasteiger partial charge on any atom is 0.524 e. The van der Waals surface area contributed by atoms with Crippen LogP contribution in [-0.4, -0.2) is 56.5 Å². The number of thiocarbonyl (C=S) groups is 1. The van der Waals surface area contributed by atoms with E-state index >= 15 is 0 Å². The average Bonchev–Trinajstić information content (AvgIpc) is 2.89. The fraction of sp³-hybridized carbons (Fsp3) is 0.667. The van der Waals surface area contributed by atoms with E-state index in [-0.39, 0.29) is 37.0 Å². The van der Waals surface area contributed by atoms with Crippen LogP contribution in [0.15, 0.2) is 24.3 Å². The number of carbonyl (C=O) groups is 3. The van der Waals surface area contributed by atoms with E-state index in [9.17, 15) is 18.9 Å². The van der Waals surface area contributed by atoms with E-state index < -0.39 is 36.3 Å². The van der Waals surface area contributed by atoms with Crippen LogP contribution in [0.4, 0.5) is 0 Å². The lowest BCUT2D eigenvalue weighted by atomic mass is 9.78. The third kappa shape index (κ3) is 13.4. The summed E-state index contributed by atoms with van der Waals surface area (Å²) in [6, 6.07) is 4.87. The molecule has 0 heterocycles. The molecule has 7 N–H and O–H groups in total. The minimum atomic E-state index is -4.73. The van der Waals surface area contributed by atoms with Crippen molar-refractivity contribution in [2.24, 2.45) is 17.1 Å². The summed E-state index contributed by atoms with van der Waals surface area (Å²) in [4.78, 5) is 57.9. The zero-order valence-electron chi connectivity index (χ0n) is 26.6. The van der Waals surface area contributed by atoms with E-state index in [1.165, 1.54) is 12.1 Å². The summed E-state index contributed by atoms with van der Waals surface area (Å²) in [5.41, 5.74) is 4.37. The Hall–Kier alpha value is -2.37. The van der Waals surface area contributed by atoms with Gasteiger partial charge in [-0.05, 0) is 50.3 Å². The van der Waals surface area contributed by atoms with Crippen LogP contribution in [0.25, 0.3) is 0 Å². The number of unbranched alkanes of at least 4 members (excludes halogenated alkanes) is 2. The lowest BCUT2D eigenvalue weighted by molar-refractivity contribution is -0.132. The highest BCUT2D eigenvalue weighted by atomic mass is 32.1. The van der Waals surface area contributed by atoms with Crippen LogP contribution in [0.1, 0.15) is 92.6 Å². The van der Waals surface area contributed by atoms with E-state index in [2.05, 4.69) is 20.5 Å². The smallest absolute Gasteiger partial charge is 0.404 e. The molecule has 0 spiro atoms. The van der Waals surface area contributed by atoms with Crippen molar-refractivity contribution in [1.29, 1.82) is 0 Å². The molecule has 43 heavy (non-hydrogen) atoms. The summed E-state index contributed by atoms with van der Waals surface area (Å²) in [6.45, 7) is 13.9. The van der Waals surface area contributed by atoms with Crippen LogP contribution in [0.5, 0.6) is 5.75 Å². The normalized spacial score (nSPS) is 15.1. The second-order valence-corrected chi connectivity index (χ2v) is 14.2. The number of nitrogens with one attached hydrogen (secondary N) is 3. The Morgan fingerprint density at radius 2 is 1.72 bits per heavy atom. The van der Waals surface area contributed by atoms with Crippen molar-refractivity contribution in [3.8, 4) is 5.75 Å². The van der Waals surface area contributed by atoms with Gasteiger partial charge in [0.25, 0.3) is 0 Å². The molecule has 0 aliphatic rings. The fourth-order valence-corrected chi connectivity index (χ4v) is 5.39. The highest BCUT2D eigenvalue weighted by molar-refractivity contribution is 7.80. The highest BCUT2D eigenvalue weighted by Gasteiger charge is 2.41. The molecule has 2 amide bonds. The molecule has 11 nitrogen and oxygen atoms in total. The number of benzene rings is 1. The Morgan fingerprint density at radius 1 is 1.12 bits per heavy atom. The first kappa shape index (κ1) is 38.7. The molecular weight excluding hydrogens is 591 g/mol. The molecule has 0 saturated heterocycles. The quantitative estimate of drug-likeness (QED) is 0.0528. The minimum absolute atomic E-state index is 0.0364. The topological polar surface area (TPSA) is 180 Å². The zero-order valence-corrected chi connectivity index (χ0v) is 28.3. The lowest BCUT2D eigenvalue weighted by Crippen LogP contribution is -2.65. The van der Waals surface area contributed by atoms with Gasteiger partial charge >= 0.3 is 7.82 Å². The molecule has 3 unspecified atom stereocenters. The van der Waals surface area contributed by atoms with Gasteiger partial charge in [0.1, 0.15) is 23.6 Å². The molecule has 0 aliphatic heterocycles. The molecule has 0 saturated carbocycles. The number of amides is 2. The summed E-state index contributed by atoms with van der Waals surface area (Å²) < 4.78 is 15.8. The molecule has 3 atom stereocenters. The Bertz CT molecular complexity index is 1140. The number of aldehydes is 1. The maximum atomic E-state index is 13.8. The first-order chi connectivity index (χ1) is 19.8. The van der Waals surface area contributed by atoms with Crippen molar-refractivity contribution in [3.63, 3.8) is 0 Å². The van der Waals surface area contributed by atoms with Crippen molar-refractivity contribution in [2.45, 2.75) is 111 Å². The van der Waals surface area contributed by atoms with Gasteiger partial charge in [0, 0.05) is 30.3 Å². The first-order valence-electron chi connectivity index (χ1n) is 14.8. The van der Waals surface area contributed by atoms with Crippen molar-refractivity contribution in [1.82, 2.24) is 16.0 Å². The molecule has 13 heteroatoms. The van der Waals surface area contributed by atoms with Crippen LogP contribution < -0.4 is 26.2 Å². The van der Waals surface area contributed by atoms with E-state index in [1.54, 1.807) is 12.1 Å². The highest BCUT2D eigenvalue weighted by Crippen LogP contribution is 2.37. The Morgan fingerprint density at radius 3 is 2.21 bits per heavy atom. The molecule has 1 rings (SSSR count). The van der Waals surface area contributed by atoms with E-state index in [0.29, 0.717) is 29.8 Å². The SMILES string of the molecule is CCCCCC(=O)NC(Cc1ccc(OP(=O)(O)O)cc1)C(=O)NC(C=O)(CNC(C)(C)CC(C)(C)C(N)=S)C(C)CC. The molecule has 0 aliphatic carbocycles. The second kappa shape index (κ2) is 16.6. The molecule has 1 aromatic rings. The first-order valence-corrected chi connectivity index (χ1v) is 16.7. The molecule has 0 bridgehead atoms. The minimum Gasteiger partial charge on any atom is -0.404 e. The van der Waals surface area contributed by atoms with Gasteiger partial charge in [-0.2, -0.15) is 0 Å². The van der Waals surface area contributed by atoms with Gasteiger partial charge in [0.05, 0.1) is 4.99 Å². The molecule has 0 fully saturated rings. The maximum absolute atomic E-state index is 13.8. The molecule has 0 radical (unpaired) electrons. The van der Waals surface area contributed by atoms with Crippen LogP contribution in [0, 0.1) is 11.3 Å². The Kier molecular flexibility index (Phi) is 15.0. The van der Waals surface area contributed by atoms with Crippen LogP contribution in [0.2, 0.25) is 0 Å². The van der Waals surface area contributed by atoms with Gasteiger partial charge in [-0.25, -0.2) is 4.57 Å². The number of phosphoric ester groups is 1. The summed E-state index contributed by atoms with van der Waals surface area (Å²) in [6.07, 6.45) is 4.79. The number of phosphoric acid groups is 1. The number of hydrogen-bond acceptors (Lipinski definition) is 7. The van der Waals surface area contributed by atoms with E-state index in [1.807, 2.05) is 48.5 Å². The predicted octanol–water partition coefficient (Wildman–Crippen LogP) is 3.94. The van der Waals surface area contributed by atoms with Gasteiger partial charge in [-0.1, -0.05) is 78.2 Å². The monoisotopic (exact) mass is 642 g/mol. The number of nitrogens with two attached hydrogens (primary N) is 1. The molecule has 1 aromatic carbocycles. The summed E-state index contributed by atoms with van der Waals surface area (Å²) >= 11 is 5.24. The molecule has 0 aromatic heterocycles. The second-order valence-electron chi connectivity index (χ2n) is 12.6. The van der Waals surface area contributed by atoms with Crippen LogP contribution in [0.3, 0.4) is 0 Å². The number of carbonyl (C=O) groups excluding carboxylic acids is 3. The standard InChI is InChI=1S/C30H51N4O7PS/c1-8-10-11-12-25(36)33-24(17-22-13-15-23(16-14-22)41-42(38,39)40)26(37)34-30(20-35,21(3)9-2)19-32-29(6,7)18-28(4,5)27(31)43/h13-16,20-21,24,32H,8-12,17-19H2,1-7H3,(H2,31,43)(H,33,36)(H,34,37)(H2,38,39,40). The van der Waals surface area contributed by atoms with Gasteiger partial charge < -0.3 is 31.0 Å². The van der Waals surface area contributed by atoms with E-state index in [0.717, 1.165) is 19.1 Å². The number of hydrogen-bond donors (Lipinski definition) is 6. The number of rotatable bonds is 20. The van der Waals surface area contributed by atoms with Crippen molar-refractivity contribution in [2.75, 3.05) is 6.54 Å². The van der Waals surface area contributed by atoms with Crippen molar-refractivity contribution < 1.29 is 33.3 Å². The van der Waals surface area contributed by atoms with Gasteiger partial charge in [0.2, 0.25) is 11.8 Å². The Labute approximate surface area is 261 Å². The summed E-state index contributed by atoms with van der Waals surface area (Å²) in [5, 5.41) is 9.23. The van der Waals surface area contributed by atoms with Gasteiger partial charge in [0.15, 0.2) is 0 Å². The summed E-state index contributed by atoms with van der Waals surface area (Å²) in [5.74, 6) is -1.08. The van der Waals surface area contributed by atoms with Crippen molar-refractivity contribution >= 4 is 43.1 Å². The van der Waals surface area contributed by atoms with Gasteiger partial charge in [-0.15, -0.1) is 0 Å². The van der Waals surface area contributed by atoms with Crippen LogP contribution in [-0.2, 0) is 25.4 Å². The fourth-order valence-electron chi connectivity index (χ4n) is 4.92. The molecule has 244 valence electrons. The third-order valence-corrected chi connectivity index (χ3v) is 8.72. The van der Waals surface area contributed by atoms with Gasteiger partial charge in [-0.3, -0.25) is 19.4 Å². The van der Waals surface area contributed by atoms with Crippen molar-refractivity contribution in [3.05, 3.63) is 29.8 Å². The molecular formula is C30H51N4O7PS.